The molecule has 1 aliphatic heterocycles. The third-order valence-electron chi connectivity index (χ3n) is 4.01. The minimum atomic E-state index is 0.685. The summed E-state index contributed by atoms with van der Waals surface area (Å²) < 4.78 is 5.04. The Kier molecular flexibility index (Phi) is 5.23. The van der Waals surface area contributed by atoms with Crippen molar-refractivity contribution in [3.05, 3.63) is 29.3 Å². The lowest BCUT2D eigenvalue weighted by atomic mass is 10.1. The normalized spacial score (nSPS) is 19.1. The fraction of sp³-hybridized carbons (Fsp3) is 0.625. The molecule has 0 spiro atoms. The molecule has 1 atom stereocenters. The molecule has 1 N–H and O–H groups in total. The van der Waals surface area contributed by atoms with E-state index in [2.05, 4.69) is 42.3 Å². The van der Waals surface area contributed by atoms with Gasteiger partial charge in [-0.1, -0.05) is 6.07 Å². The standard InChI is InChI=1S/C16H26N2O/c1-13-11-16(18-9-4-5-14(18)2)7-6-15(13)12-17-8-10-19-3/h6-7,11,14,17H,4-5,8-10,12H2,1-3H3. The molecule has 1 aromatic rings. The van der Waals surface area contributed by atoms with Gasteiger partial charge >= 0.3 is 0 Å². The second-order valence-corrected chi connectivity index (χ2v) is 5.47. The topological polar surface area (TPSA) is 24.5 Å². The van der Waals surface area contributed by atoms with E-state index in [-0.39, 0.29) is 0 Å². The molecular weight excluding hydrogens is 236 g/mol. The van der Waals surface area contributed by atoms with Crippen LogP contribution < -0.4 is 10.2 Å². The molecule has 1 aliphatic rings. The third kappa shape index (κ3) is 3.71. The maximum Gasteiger partial charge on any atom is 0.0587 e. The number of ether oxygens (including phenoxy) is 1. The molecule has 1 fully saturated rings. The smallest absolute Gasteiger partial charge is 0.0587 e. The zero-order valence-corrected chi connectivity index (χ0v) is 12.4. The molecule has 0 amide bonds. The van der Waals surface area contributed by atoms with Gasteiger partial charge in [-0.25, -0.2) is 0 Å². The number of benzene rings is 1. The molecule has 19 heavy (non-hydrogen) atoms. The van der Waals surface area contributed by atoms with Gasteiger partial charge in [-0.2, -0.15) is 0 Å². The van der Waals surface area contributed by atoms with Crippen LogP contribution in [0.3, 0.4) is 0 Å². The monoisotopic (exact) mass is 262 g/mol. The van der Waals surface area contributed by atoms with Gasteiger partial charge < -0.3 is 15.0 Å². The van der Waals surface area contributed by atoms with Crippen LogP contribution in [0.2, 0.25) is 0 Å². The first-order valence-corrected chi connectivity index (χ1v) is 7.28. The summed E-state index contributed by atoms with van der Waals surface area (Å²) in [4.78, 5) is 2.52. The molecular formula is C16H26N2O. The Morgan fingerprint density at radius 2 is 2.26 bits per heavy atom. The molecule has 0 bridgehead atoms. The summed E-state index contributed by atoms with van der Waals surface area (Å²) in [6.45, 7) is 8.32. The molecule has 0 aromatic heterocycles. The van der Waals surface area contributed by atoms with E-state index in [1.54, 1.807) is 7.11 Å². The molecule has 0 saturated carbocycles. The first kappa shape index (κ1) is 14.4. The predicted octanol–water partition coefficient (Wildman–Crippen LogP) is 2.72. The Hall–Kier alpha value is -1.06. The number of hydrogen-bond donors (Lipinski definition) is 1. The number of nitrogens with zero attached hydrogens (tertiary/aromatic N) is 1. The number of methoxy groups -OCH3 is 1. The largest absolute Gasteiger partial charge is 0.383 e. The van der Waals surface area contributed by atoms with Crippen molar-refractivity contribution in [2.24, 2.45) is 0 Å². The minimum Gasteiger partial charge on any atom is -0.383 e. The lowest BCUT2D eigenvalue weighted by Gasteiger charge is -2.24. The molecule has 0 radical (unpaired) electrons. The van der Waals surface area contributed by atoms with Gasteiger partial charge in [-0.15, -0.1) is 0 Å². The van der Waals surface area contributed by atoms with E-state index in [0.717, 1.165) is 19.7 Å². The highest BCUT2D eigenvalue weighted by Crippen LogP contribution is 2.26. The van der Waals surface area contributed by atoms with Crippen LogP contribution in [0.4, 0.5) is 5.69 Å². The molecule has 1 saturated heterocycles. The highest BCUT2D eigenvalue weighted by molar-refractivity contribution is 5.52. The molecule has 106 valence electrons. The average Bonchev–Trinajstić information content (AvgIpc) is 2.82. The van der Waals surface area contributed by atoms with E-state index in [1.165, 1.54) is 36.2 Å². The minimum absolute atomic E-state index is 0.685. The second kappa shape index (κ2) is 6.92. The molecule has 1 unspecified atom stereocenters. The summed E-state index contributed by atoms with van der Waals surface area (Å²) >= 11 is 0. The fourth-order valence-corrected chi connectivity index (χ4v) is 2.77. The van der Waals surface area contributed by atoms with Gasteiger partial charge in [0.2, 0.25) is 0 Å². The number of anilines is 1. The summed E-state index contributed by atoms with van der Waals surface area (Å²) in [6, 6.07) is 7.54. The Bertz CT molecular complexity index is 406. The average molecular weight is 262 g/mol. The van der Waals surface area contributed by atoms with Crippen LogP contribution in [0.1, 0.15) is 30.9 Å². The van der Waals surface area contributed by atoms with Gasteiger partial charge in [-0.05, 0) is 49.9 Å². The maximum atomic E-state index is 5.04. The van der Waals surface area contributed by atoms with Gasteiger partial charge in [0, 0.05) is 38.5 Å². The van der Waals surface area contributed by atoms with Crippen LogP contribution in [-0.2, 0) is 11.3 Å². The highest BCUT2D eigenvalue weighted by Gasteiger charge is 2.20. The van der Waals surface area contributed by atoms with Crippen molar-refractivity contribution in [3.8, 4) is 0 Å². The van der Waals surface area contributed by atoms with Crippen LogP contribution >= 0.6 is 0 Å². The third-order valence-corrected chi connectivity index (χ3v) is 4.01. The summed E-state index contributed by atoms with van der Waals surface area (Å²) in [7, 11) is 1.74. The van der Waals surface area contributed by atoms with E-state index in [4.69, 9.17) is 4.74 Å². The van der Waals surface area contributed by atoms with Gasteiger partial charge in [0.05, 0.1) is 6.61 Å². The van der Waals surface area contributed by atoms with E-state index in [1.807, 2.05) is 0 Å². The fourth-order valence-electron chi connectivity index (χ4n) is 2.77. The zero-order chi connectivity index (χ0) is 13.7. The molecule has 2 rings (SSSR count). The predicted molar refractivity (Wildman–Crippen MR) is 80.8 cm³/mol. The van der Waals surface area contributed by atoms with Crippen molar-refractivity contribution in [1.82, 2.24) is 5.32 Å². The van der Waals surface area contributed by atoms with Crippen molar-refractivity contribution in [2.45, 2.75) is 39.3 Å². The summed E-state index contributed by atoms with van der Waals surface area (Å²) in [5.41, 5.74) is 4.14. The van der Waals surface area contributed by atoms with E-state index < -0.39 is 0 Å². The van der Waals surface area contributed by atoms with Gasteiger partial charge in [0.1, 0.15) is 0 Å². The summed E-state index contributed by atoms with van der Waals surface area (Å²) in [5.74, 6) is 0. The SMILES string of the molecule is COCCNCc1ccc(N2CCCC2C)cc1C. The Morgan fingerprint density at radius 1 is 1.42 bits per heavy atom. The number of nitrogens with one attached hydrogen (secondary N) is 1. The Morgan fingerprint density at radius 3 is 2.89 bits per heavy atom. The van der Waals surface area contributed by atoms with Crippen LogP contribution in [-0.4, -0.2) is 32.8 Å². The van der Waals surface area contributed by atoms with Crippen molar-refractivity contribution in [3.63, 3.8) is 0 Å². The first-order chi connectivity index (χ1) is 9.22. The summed E-state index contributed by atoms with van der Waals surface area (Å²) in [5, 5.41) is 3.40. The van der Waals surface area contributed by atoms with Crippen molar-refractivity contribution in [2.75, 3.05) is 31.7 Å². The highest BCUT2D eigenvalue weighted by atomic mass is 16.5. The Balaban J connectivity index is 1.96. The van der Waals surface area contributed by atoms with Crippen LogP contribution in [0.25, 0.3) is 0 Å². The molecule has 3 nitrogen and oxygen atoms in total. The zero-order valence-electron chi connectivity index (χ0n) is 12.4. The maximum absolute atomic E-state index is 5.04. The first-order valence-electron chi connectivity index (χ1n) is 7.28. The van der Waals surface area contributed by atoms with Gasteiger partial charge in [-0.3, -0.25) is 0 Å². The molecule has 3 heteroatoms. The molecule has 1 heterocycles. The van der Waals surface area contributed by atoms with Gasteiger partial charge in [0.25, 0.3) is 0 Å². The Labute approximate surface area is 116 Å². The number of hydrogen-bond acceptors (Lipinski definition) is 3. The van der Waals surface area contributed by atoms with Crippen LogP contribution in [0.5, 0.6) is 0 Å². The van der Waals surface area contributed by atoms with E-state index in [0.29, 0.717) is 6.04 Å². The van der Waals surface area contributed by atoms with Crippen molar-refractivity contribution < 1.29 is 4.74 Å². The lowest BCUT2D eigenvalue weighted by Crippen LogP contribution is -2.26. The quantitative estimate of drug-likeness (QED) is 0.798. The van der Waals surface area contributed by atoms with E-state index >= 15 is 0 Å². The molecule has 1 aromatic carbocycles. The van der Waals surface area contributed by atoms with Gasteiger partial charge in [0.15, 0.2) is 0 Å². The summed E-state index contributed by atoms with van der Waals surface area (Å²) in [6.07, 6.45) is 2.64. The lowest BCUT2D eigenvalue weighted by molar-refractivity contribution is 0.199. The molecule has 0 aliphatic carbocycles. The van der Waals surface area contributed by atoms with Crippen LogP contribution in [0, 0.1) is 6.92 Å². The van der Waals surface area contributed by atoms with Crippen molar-refractivity contribution >= 4 is 5.69 Å². The number of rotatable bonds is 6. The van der Waals surface area contributed by atoms with Crippen molar-refractivity contribution in [1.29, 1.82) is 0 Å². The van der Waals surface area contributed by atoms with E-state index in [9.17, 15) is 0 Å². The van der Waals surface area contributed by atoms with Crippen LogP contribution in [0.15, 0.2) is 18.2 Å². The second-order valence-electron chi connectivity index (χ2n) is 5.47. The number of aryl methyl sites for hydroxylation is 1.